The van der Waals surface area contributed by atoms with Crippen LogP contribution in [0.25, 0.3) is 0 Å². The van der Waals surface area contributed by atoms with Crippen molar-refractivity contribution in [3.8, 4) is 0 Å². The number of anilines is 1. The summed E-state index contributed by atoms with van der Waals surface area (Å²) in [5, 5.41) is 8.09. The van der Waals surface area contributed by atoms with Gasteiger partial charge >= 0.3 is 0 Å². The molecule has 1 rings (SSSR count). The zero-order chi connectivity index (χ0) is 11.3. The quantitative estimate of drug-likeness (QED) is 0.751. The van der Waals surface area contributed by atoms with Gasteiger partial charge in [-0.2, -0.15) is 0 Å². The average Bonchev–Trinajstić information content (AvgIpc) is 2.22. The molecule has 0 atom stereocenters. The highest BCUT2D eigenvalue weighted by Crippen LogP contribution is 2.24. The molecular weight excluding hydrogens is 237 g/mol. The molecule has 84 valence electrons. The number of hydrogen-bond donors (Lipinski definition) is 0. The van der Waals surface area contributed by atoms with Gasteiger partial charge in [-0.05, 0) is 6.42 Å². The van der Waals surface area contributed by atoms with Gasteiger partial charge in [-0.1, -0.05) is 23.2 Å². The maximum Gasteiger partial charge on any atom is 0.175 e. The van der Waals surface area contributed by atoms with E-state index < -0.39 is 0 Å². The summed E-state index contributed by atoms with van der Waals surface area (Å²) in [6.07, 6.45) is 0.920. The van der Waals surface area contributed by atoms with E-state index in [2.05, 4.69) is 10.2 Å². The van der Waals surface area contributed by atoms with Gasteiger partial charge in [0.2, 0.25) is 0 Å². The van der Waals surface area contributed by atoms with Gasteiger partial charge in [0, 0.05) is 33.4 Å². The van der Waals surface area contributed by atoms with E-state index in [0.29, 0.717) is 16.9 Å². The summed E-state index contributed by atoms with van der Waals surface area (Å²) in [5.41, 5.74) is 0.785. The van der Waals surface area contributed by atoms with Gasteiger partial charge in [-0.25, -0.2) is 0 Å². The molecule has 0 aliphatic heterocycles. The standard InChI is InChI=1S/C9H13Cl2N3O/c1-14(4-3-5-15-2)7-6-8(10)12-13-9(7)11/h6H,3-5H2,1-2H3. The highest BCUT2D eigenvalue weighted by Gasteiger charge is 2.08. The third-order valence-corrected chi connectivity index (χ3v) is 2.41. The Kier molecular flexibility index (Phi) is 5.08. The van der Waals surface area contributed by atoms with Gasteiger partial charge in [0.1, 0.15) is 0 Å². The van der Waals surface area contributed by atoms with Crippen LogP contribution >= 0.6 is 23.2 Å². The Morgan fingerprint density at radius 3 is 2.80 bits per heavy atom. The first kappa shape index (κ1) is 12.5. The molecule has 0 saturated heterocycles. The van der Waals surface area contributed by atoms with E-state index in [4.69, 9.17) is 27.9 Å². The van der Waals surface area contributed by atoms with Crippen molar-refractivity contribution < 1.29 is 4.74 Å². The first-order valence-electron chi connectivity index (χ1n) is 4.54. The summed E-state index contributed by atoms with van der Waals surface area (Å²) in [6.45, 7) is 1.55. The average molecular weight is 250 g/mol. The van der Waals surface area contributed by atoms with Gasteiger partial charge in [0.15, 0.2) is 10.3 Å². The fraction of sp³-hybridized carbons (Fsp3) is 0.556. The Balaban J connectivity index is 2.64. The zero-order valence-electron chi connectivity index (χ0n) is 8.70. The van der Waals surface area contributed by atoms with E-state index in [0.717, 1.165) is 18.7 Å². The summed E-state index contributed by atoms with van der Waals surface area (Å²) in [4.78, 5) is 1.97. The number of nitrogens with zero attached hydrogens (tertiary/aromatic N) is 3. The van der Waals surface area contributed by atoms with Crippen LogP contribution in [0.2, 0.25) is 10.3 Å². The van der Waals surface area contributed by atoms with Crippen LogP contribution in [-0.4, -0.2) is 37.5 Å². The topological polar surface area (TPSA) is 38.2 Å². The van der Waals surface area contributed by atoms with Crippen LogP contribution in [0.4, 0.5) is 5.69 Å². The fourth-order valence-electron chi connectivity index (χ4n) is 1.18. The van der Waals surface area contributed by atoms with Crippen LogP contribution in [0.15, 0.2) is 6.07 Å². The minimum Gasteiger partial charge on any atom is -0.385 e. The number of aromatic nitrogens is 2. The van der Waals surface area contributed by atoms with Gasteiger partial charge in [0.05, 0.1) is 5.69 Å². The van der Waals surface area contributed by atoms with Crippen LogP contribution < -0.4 is 4.90 Å². The lowest BCUT2D eigenvalue weighted by molar-refractivity contribution is 0.196. The second-order valence-electron chi connectivity index (χ2n) is 3.11. The lowest BCUT2D eigenvalue weighted by Gasteiger charge is -2.19. The molecule has 0 amide bonds. The predicted molar refractivity (Wildman–Crippen MR) is 61.8 cm³/mol. The molecule has 6 heteroatoms. The van der Waals surface area contributed by atoms with E-state index >= 15 is 0 Å². The van der Waals surface area contributed by atoms with Gasteiger partial charge in [0.25, 0.3) is 0 Å². The van der Waals surface area contributed by atoms with Crippen molar-refractivity contribution in [3.63, 3.8) is 0 Å². The van der Waals surface area contributed by atoms with Gasteiger partial charge in [-0.3, -0.25) is 0 Å². The number of methoxy groups -OCH3 is 1. The minimum absolute atomic E-state index is 0.341. The first-order valence-corrected chi connectivity index (χ1v) is 5.29. The third kappa shape index (κ3) is 3.81. The molecule has 0 radical (unpaired) electrons. The Hall–Kier alpha value is -0.580. The maximum absolute atomic E-state index is 5.90. The SMILES string of the molecule is COCCCN(C)c1cc(Cl)nnc1Cl. The minimum atomic E-state index is 0.341. The smallest absolute Gasteiger partial charge is 0.175 e. The summed E-state index contributed by atoms with van der Waals surface area (Å²) in [6, 6.07) is 1.70. The van der Waals surface area contributed by atoms with Crippen molar-refractivity contribution in [2.45, 2.75) is 6.42 Å². The largest absolute Gasteiger partial charge is 0.385 e. The Morgan fingerprint density at radius 1 is 1.40 bits per heavy atom. The molecule has 1 heterocycles. The van der Waals surface area contributed by atoms with Crippen molar-refractivity contribution in [3.05, 3.63) is 16.4 Å². The molecule has 0 bridgehead atoms. The second kappa shape index (κ2) is 6.10. The highest BCUT2D eigenvalue weighted by molar-refractivity contribution is 6.33. The van der Waals surface area contributed by atoms with Crippen molar-refractivity contribution >= 4 is 28.9 Å². The van der Waals surface area contributed by atoms with Crippen molar-refractivity contribution in [2.75, 3.05) is 32.2 Å². The highest BCUT2D eigenvalue weighted by atomic mass is 35.5. The second-order valence-corrected chi connectivity index (χ2v) is 3.86. The van der Waals surface area contributed by atoms with Crippen LogP contribution in [0.1, 0.15) is 6.42 Å². The van der Waals surface area contributed by atoms with Gasteiger partial charge in [-0.15, -0.1) is 10.2 Å². The summed E-state index contributed by atoms with van der Waals surface area (Å²) < 4.78 is 4.97. The molecule has 1 aromatic heterocycles. The van der Waals surface area contributed by atoms with Crippen molar-refractivity contribution in [1.29, 1.82) is 0 Å². The Bertz CT molecular complexity index is 322. The van der Waals surface area contributed by atoms with E-state index in [1.807, 2.05) is 11.9 Å². The monoisotopic (exact) mass is 249 g/mol. The molecule has 4 nitrogen and oxygen atoms in total. The predicted octanol–water partition coefficient (Wildman–Crippen LogP) is 2.26. The van der Waals surface area contributed by atoms with E-state index in [1.165, 1.54) is 0 Å². The lowest BCUT2D eigenvalue weighted by Crippen LogP contribution is -2.20. The Labute approximate surface area is 99.1 Å². The molecule has 0 aromatic carbocycles. The molecular formula is C9H13Cl2N3O. The molecule has 0 N–H and O–H groups in total. The fourth-order valence-corrected chi connectivity index (χ4v) is 1.56. The molecule has 0 aliphatic rings. The first-order chi connectivity index (χ1) is 7.15. The van der Waals surface area contributed by atoms with E-state index in [-0.39, 0.29) is 0 Å². The molecule has 15 heavy (non-hydrogen) atoms. The molecule has 1 aromatic rings. The zero-order valence-corrected chi connectivity index (χ0v) is 10.2. The third-order valence-electron chi connectivity index (χ3n) is 1.95. The van der Waals surface area contributed by atoms with Crippen LogP contribution in [0.5, 0.6) is 0 Å². The molecule has 0 fully saturated rings. The molecule has 0 spiro atoms. The van der Waals surface area contributed by atoms with Crippen LogP contribution in [-0.2, 0) is 4.74 Å². The number of hydrogen-bond acceptors (Lipinski definition) is 4. The molecule has 0 aliphatic carbocycles. The van der Waals surface area contributed by atoms with E-state index in [9.17, 15) is 0 Å². The number of halogens is 2. The summed E-state index contributed by atoms with van der Waals surface area (Å²) >= 11 is 11.6. The Morgan fingerprint density at radius 2 is 2.13 bits per heavy atom. The lowest BCUT2D eigenvalue weighted by atomic mass is 10.3. The number of rotatable bonds is 5. The molecule has 0 saturated carbocycles. The normalized spacial score (nSPS) is 10.4. The van der Waals surface area contributed by atoms with Crippen LogP contribution in [0.3, 0.4) is 0 Å². The van der Waals surface area contributed by atoms with Gasteiger partial charge < -0.3 is 9.64 Å². The molecule has 0 unspecified atom stereocenters. The van der Waals surface area contributed by atoms with Crippen LogP contribution in [0, 0.1) is 0 Å². The number of ether oxygens (including phenoxy) is 1. The summed E-state index contributed by atoms with van der Waals surface area (Å²) in [7, 11) is 3.60. The van der Waals surface area contributed by atoms with E-state index in [1.54, 1.807) is 13.2 Å². The van der Waals surface area contributed by atoms with Crippen molar-refractivity contribution in [1.82, 2.24) is 10.2 Å². The van der Waals surface area contributed by atoms with Crippen molar-refractivity contribution in [2.24, 2.45) is 0 Å². The summed E-state index contributed by atoms with van der Waals surface area (Å²) in [5.74, 6) is 0. The maximum atomic E-state index is 5.90.